The normalized spacial score (nSPS) is 14.8. The lowest BCUT2D eigenvalue weighted by atomic mass is 10.1. The third kappa shape index (κ3) is 4.29. The maximum absolute atomic E-state index is 12.5. The summed E-state index contributed by atoms with van der Waals surface area (Å²) in [4.78, 5) is 17.2. The highest BCUT2D eigenvalue weighted by atomic mass is 32.1. The molecular formula is C25H20N2O3S. The van der Waals surface area contributed by atoms with Crippen LogP contribution in [-0.4, -0.2) is 23.6 Å². The van der Waals surface area contributed by atoms with Crippen LogP contribution in [-0.2, 0) is 11.3 Å². The van der Waals surface area contributed by atoms with Crippen LogP contribution in [0.15, 0.2) is 84.2 Å². The molecule has 5 nitrogen and oxygen atoms in total. The zero-order valence-corrected chi connectivity index (χ0v) is 17.5. The number of rotatable bonds is 5. The number of aromatic nitrogens is 1. The second-order valence-corrected chi connectivity index (χ2v) is 8.04. The van der Waals surface area contributed by atoms with Crippen molar-refractivity contribution in [2.75, 3.05) is 6.61 Å². The minimum absolute atomic E-state index is 0.189. The zero-order chi connectivity index (χ0) is 21.0. The third-order valence-corrected chi connectivity index (χ3v) is 5.93. The van der Waals surface area contributed by atoms with E-state index in [9.17, 15) is 4.79 Å². The molecule has 0 bridgehead atoms. The van der Waals surface area contributed by atoms with Gasteiger partial charge in [-0.1, -0.05) is 66.7 Å². The Morgan fingerprint density at radius 1 is 0.935 bits per heavy atom. The Balaban J connectivity index is 1.19. The Labute approximate surface area is 184 Å². The molecule has 0 saturated heterocycles. The van der Waals surface area contributed by atoms with Gasteiger partial charge in [-0.3, -0.25) is 4.79 Å². The van der Waals surface area contributed by atoms with E-state index in [2.05, 4.69) is 22.8 Å². The summed E-state index contributed by atoms with van der Waals surface area (Å²) < 4.78 is 11.4. The number of nitrogens with zero attached hydrogens (tertiary/aromatic N) is 1. The molecule has 0 fully saturated rings. The first-order valence-electron chi connectivity index (χ1n) is 10.0. The quantitative estimate of drug-likeness (QED) is 0.489. The van der Waals surface area contributed by atoms with Crippen molar-refractivity contribution in [3.8, 4) is 33.3 Å². The Morgan fingerprint density at radius 2 is 1.68 bits per heavy atom. The van der Waals surface area contributed by atoms with E-state index in [0.717, 1.165) is 27.4 Å². The number of amides is 1. The predicted octanol–water partition coefficient (Wildman–Crippen LogP) is 4.93. The van der Waals surface area contributed by atoms with Crippen LogP contribution >= 0.6 is 11.3 Å². The fraction of sp³-hybridized carbons (Fsp3) is 0.120. The Hall–Kier alpha value is -3.64. The summed E-state index contributed by atoms with van der Waals surface area (Å²) in [5, 5.41) is 5.97. The first-order valence-corrected chi connectivity index (χ1v) is 10.9. The van der Waals surface area contributed by atoms with Gasteiger partial charge in [0.2, 0.25) is 6.10 Å². The van der Waals surface area contributed by atoms with E-state index in [1.165, 1.54) is 0 Å². The van der Waals surface area contributed by atoms with Gasteiger partial charge in [0.25, 0.3) is 5.91 Å². The highest BCUT2D eigenvalue weighted by molar-refractivity contribution is 7.13. The average Bonchev–Trinajstić information content (AvgIpc) is 3.33. The molecule has 1 aromatic heterocycles. The van der Waals surface area contributed by atoms with Crippen LogP contribution in [0, 0.1) is 0 Å². The highest BCUT2D eigenvalue weighted by Gasteiger charge is 2.26. The molecule has 1 N–H and O–H groups in total. The zero-order valence-electron chi connectivity index (χ0n) is 16.7. The lowest BCUT2D eigenvalue weighted by Crippen LogP contribution is -2.43. The molecule has 4 aromatic rings. The van der Waals surface area contributed by atoms with Crippen LogP contribution in [0.25, 0.3) is 21.8 Å². The van der Waals surface area contributed by atoms with Crippen LogP contribution < -0.4 is 14.8 Å². The van der Waals surface area contributed by atoms with Crippen molar-refractivity contribution in [1.29, 1.82) is 0 Å². The number of benzene rings is 3. The highest BCUT2D eigenvalue weighted by Crippen LogP contribution is 2.31. The topological polar surface area (TPSA) is 60.5 Å². The minimum Gasteiger partial charge on any atom is -0.485 e. The molecule has 154 valence electrons. The van der Waals surface area contributed by atoms with Gasteiger partial charge in [-0.15, -0.1) is 11.3 Å². The van der Waals surface area contributed by atoms with Gasteiger partial charge in [-0.25, -0.2) is 4.98 Å². The molecule has 1 aliphatic heterocycles. The van der Waals surface area contributed by atoms with Crippen LogP contribution in [0.3, 0.4) is 0 Å². The second kappa shape index (κ2) is 8.62. The summed E-state index contributed by atoms with van der Waals surface area (Å²) in [7, 11) is 0. The van der Waals surface area contributed by atoms with Gasteiger partial charge in [0.05, 0.1) is 5.69 Å². The molecule has 0 spiro atoms. The molecule has 1 atom stereocenters. The van der Waals surface area contributed by atoms with E-state index in [1.807, 2.05) is 60.7 Å². The summed E-state index contributed by atoms with van der Waals surface area (Å²) in [6, 6.07) is 25.6. The van der Waals surface area contributed by atoms with Gasteiger partial charge in [0, 0.05) is 23.1 Å². The molecule has 6 heteroatoms. The van der Waals surface area contributed by atoms with E-state index < -0.39 is 6.10 Å². The number of nitrogens with one attached hydrogen (secondary N) is 1. The van der Waals surface area contributed by atoms with Gasteiger partial charge >= 0.3 is 0 Å². The number of carbonyl (C=O) groups is 1. The van der Waals surface area contributed by atoms with Gasteiger partial charge in [0.1, 0.15) is 11.6 Å². The summed E-state index contributed by atoms with van der Waals surface area (Å²) in [6.07, 6.45) is -0.652. The molecule has 0 aliphatic carbocycles. The van der Waals surface area contributed by atoms with Crippen molar-refractivity contribution in [3.05, 3.63) is 89.8 Å². The van der Waals surface area contributed by atoms with Crippen molar-refractivity contribution < 1.29 is 14.3 Å². The van der Waals surface area contributed by atoms with Crippen LogP contribution in [0.5, 0.6) is 11.5 Å². The molecule has 5 rings (SSSR count). The molecule has 31 heavy (non-hydrogen) atoms. The summed E-state index contributed by atoms with van der Waals surface area (Å²) in [5.41, 5.74) is 4.16. The smallest absolute Gasteiger partial charge is 0.264 e. The second-order valence-electron chi connectivity index (χ2n) is 7.18. The van der Waals surface area contributed by atoms with Crippen LogP contribution in [0.4, 0.5) is 0 Å². The van der Waals surface area contributed by atoms with Gasteiger partial charge in [-0.2, -0.15) is 0 Å². The molecule has 0 radical (unpaired) electrons. The first-order chi connectivity index (χ1) is 15.3. The fourth-order valence-corrected chi connectivity index (χ4v) is 4.20. The Bertz CT molecular complexity index is 1190. The number of hydrogen-bond acceptors (Lipinski definition) is 5. The van der Waals surface area contributed by atoms with Crippen molar-refractivity contribution in [2.45, 2.75) is 12.6 Å². The molecule has 2 heterocycles. The van der Waals surface area contributed by atoms with E-state index in [0.29, 0.717) is 18.0 Å². The van der Waals surface area contributed by atoms with Crippen LogP contribution in [0.1, 0.15) is 5.56 Å². The summed E-state index contributed by atoms with van der Waals surface area (Å²) in [5.74, 6) is 1.07. The minimum atomic E-state index is -0.652. The molecule has 1 unspecified atom stereocenters. The molecule has 0 saturated carbocycles. The SMILES string of the molecule is O=C(NCc1ccc(-c2nc(-c3ccccc3)cs2)cc1)C1COc2ccccc2O1. The fourth-order valence-electron chi connectivity index (χ4n) is 3.36. The van der Waals surface area contributed by atoms with Crippen LogP contribution in [0.2, 0.25) is 0 Å². The van der Waals surface area contributed by atoms with E-state index in [-0.39, 0.29) is 12.5 Å². The van der Waals surface area contributed by atoms with Crippen molar-refractivity contribution in [3.63, 3.8) is 0 Å². The molecule has 3 aromatic carbocycles. The lowest BCUT2D eigenvalue weighted by molar-refractivity contribution is -0.130. The van der Waals surface area contributed by atoms with Crippen molar-refractivity contribution in [1.82, 2.24) is 10.3 Å². The largest absolute Gasteiger partial charge is 0.485 e. The van der Waals surface area contributed by atoms with E-state index in [4.69, 9.17) is 14.5 Å². The summed E-state index contributed by atoms with van der Waals surface area (Å²) >= 11 is 1.62. The number of ether oxygens (including phenoxy) is 2. The number of carbonyl (C=O) groups excluding carboxylic acids is 1. The van der Waals surface area contributed by atoms with E-state index in [1.54, 1.807) is 17.4 Å². The predicted molar refractivity (Wildman–Crippen MR) is 121 cm³/mol. The maximum atomic E-state index is 12.5. The molecule has 1 aliphatic rings. The third-order valence-electron chi connectivity index (χ3n) is 5.04. The first kappa shape index (κ1) is 19.3. The molecule has 1 amide bonds. The van der Waals surface area contributed by atoms with E-state index >= 15 is 0 Å². The standard InChI is InChI=1S/C25H20N2O3S/c28-24(23-15-29-21-8-4-5-9-22(21)30-23)26-14-17-10-12-19(13-11-17)25-27-20(16-31-25)18-6-2-1-3-7-18/h1-13,16,23H,14-15H2,(H,26,28). The monoisotopic (exact) mass is 428 g/mol. The number of para-hydroxylation sites is 2. The average molecular weight is 429 g/mol. The summed E-state index contributed by atoms with van der Waals surface area (Å²) in [6.45, 7) is 0.628. The molecular weight excluding hydrogens is 408 g/mol. The van der Waals surface area contributed by atoms with Gasteiger partial charge < -0.3 is 14.8 Å². The number of fused-ring (bicyclic) bond motifs is 1. The van der Waals surface area contributed by atoms with Crippen molar-refractivity contribution >= 4 is 17.2 Å². The Morgan fingerprint density at radius 3 is 2.48 bits per heavy atom. The van der Waals surface area contributed by atoms with Gasteiger partial charge in [-0.05, 0) is 17.7 Å². The number of hydrogen-bond donors (Lipinski definition) is 1. The number of thiazole rings is 1. The Kier molecular flexibility index (Phi) is 5.37. The van der Waals surface area contributed by atoms with Crippen molar-refractivity contribution in [2.24, 2.45) is 0 Å². The maximum Gasteiger partial charge on any atom is 0.264 e. The van der Waals surface area contributed by atoms with Gasteiger partial charge in [0.15, 0.2) is 11.5 Å². The lowest BCUT2D eigenvalue weighted by Gasteiger charge is -2.25.